The Kier molecular flexibility index (Phi) is 6.24. The number of carbonyl (C=O) groups excluding carboxylic acids is 1. The van der Waals surface area contributed by atoms with Gasteiger partial charge in [-0.25, -0.2) is 0 Å². The maximum atomic E-state index is 12.1. The summed E-state index contributed by atoms with van der Waals surface area (Å²) in [6.07, 6.45) is 0.683. The zero-order valence-corrected chi connectivity index (χ0v) is 14.2. The first-order chi connectivity index (χ1) is 11.1. The Balaban J connectivity index is 1.93. The van der Waals surface area contributed by atoms with Gasteiger partial charge in [0.05, 0.1) is 20.3 Å². The first-order valence-electron chi connectivity index (χ1n) is 8.06. The average molecular weight is 321 g/mol. The smallest absolute Gasteiger partial charge is 0.239 e. The molecule has 1 heterocycles. The fraction of sp³-hybridized carbons (Fsp3) is 0.588. The van der Waals surface area contributed by atoms with E-state index >= 15 is 0 Å². The number of ether oxygens (including phenoxy) is 2. The van der Waals surface area contributed by atoms with Gasteiger partial charge in [0.2, 0.25) is 5.91 Å². The van der Waals surface area contributed by atoms with Crippen molar-refractivity contribution in [2.75, 3.05) is 40.4 Å². The van der Waals surface area contributed by atoms with Crippen molar-refractivity contribution in [3.05, 3.63) is 23.8 Å². The minimum Gasteiger partial charge on any atom is -0.497 e. The highest BCUT2D eigenvalue weighted by molar-refractivity contribution is 5.81. The van der Waals surface area contributed by atoms with Gasteiger partial charge in [-0.05, 0) is 24.1 Å². The summed E-state index contributed by atoms with van der Waals surface area (Å²) in [5.41, 5.74) is 6.98. The van der Waals surface area contributed by atoms with Gasteiger partial charge in [-0.1, -0.05) is 6.92 Å². The maximum Gasteiger partial charge on any atom is 0.239 e. The monoisotopic (exact) mass is 321 g/mol. The van der Waals surface area contributed by atoms with E-state index in [9.17, 15) is 4.79 Å². The van der Waals surface area contributed by atoms with Crippen molar-refractivity contribution in [3.63, 3.8) is 0 Å². The van der Waals surface area contributed by atoms with E-state index < -0.39 is 0 Å². The molecule has 1 aliphatic rings. The van der Waals surface area contributed by atoms with E-state index in [1.54, 1.807) is 14.2 Å². The van der Waals surface area contributed by atoms with Gasteiger partial charge >= 0.3 is 0 Å². The van der Waals surface area contributed by atoms with E-state index in [-0.39, 0.29) is 11.9 Å². The summed E-state index contributed by atoms with van der Waals surface area (Å²) >= 11 is 0. The van der Waals surface area contributed by atoms with Crippen LogP contribution < -0.4 is 15.2 Å². The first-order valence-corrected chi connectivity index (χ1v) is 8.06. The molecule has 128 valence electrons. The largest absolute Gasteiger partial charge is 0.497 e. The Bertz CT molecular complexity index is 506. The number of amides is 1. The van der Waals surface area contributed by atoms with Crippen LogP contribution in [-0.2, 0) is 11.3 Å². The predicted octanol–water partition coefficient (Wildman–Crippen LogP) is 1.09. The van der Waals surface area contributed by atoms with Crippen molar-refractivity contribution in [2.24, 2.45) is 5.73 Å². The molecular formula is C17H27N3O3. The topological polar surface area (TPSA) is 68.0 Å². The number of benzene rings is 1. The molecule has 1 aromatic carbocycles. The van der Waals surface area contributed by atoms with Crippen molar-refractivity contribution >= 4 is 5.91 Å². The molecule has 6 heteroatoms. The molecule has 6 nitrogen and oxygen atoms in total. The lowest BCUT2D eigenvalue weighted by molar-refractivity contribution is -0.134. The van der Waals surface area contributed by atoms with Crippen molar-refractivity contribution in [2.45, 2.75) is 25.9 Å². The van der Waals surface area contributed by atoms with Gasteiger partial charge < -0.3 is 20.1 Å². The molecule has 1 aromatic rings. The molecule has 1 amide bonds. The van der Waals surface area contributed by atoms with E-state index in [2.05, 4.69) is 4.90 Å². The number of nitrogens with two attached hydrogens (primary N) is 1. The zero-order chi connectivity index (χ0) is 16.8. The van der Waals surface area contributed by atoms with Crippen LogP contribution in [0.25, 0.3) is 0 Å². The molecule has 0 saturated carbocycles. The number of hydrogen-bond donors (Lipinski definition) is 1. The molecule has 1 fully saturated rings. The summed E-state index contributed by atoms with van der Waals surface area (Å²) in [6, 6.07) is 5.54. The van der Waals surface area contributed by atoms with E-state index in [1.807, 2.05) is 30.0 Å². The molecule has 1 saturated heterocycles. The van der Waals surface area contributed by atoms with E-state index in [4.69, 9.17) is 15.2 Å². The van der Waals surface area contributed by atoms with Crippen LogP contribution in [-0.4, -0.2) is 62.1 Å². The molecule has 2 N–H and O–H groups in total. The van der Waals surface area contributed by atoms with Crippen LogP contribution in [0, 0.1) is 0 Å². The number of hydrogen-bond acceptors (Lipinski definition) is 5. The van der Waals surface area contributed by atoms with Gasteiger partial charge in [-0.3, -0.25) is 9.69 Å². The van der Waals surface area contributed by atoms with Crippen LogP contribution in [0.3, 0.4) is 0 Å². The second-order valence-electron chi connectivity index (χ2n) is 5.84. The molecular weight excluding hydrogens is 294 g/mol. The highest BCUT2D eigenvalue weighted by Crippen LogP contribution is 2.23. The Labute approximate surface area is 138 Å². The third-order valence-corrected chi connectivity index (χ3v) is 4.26. The summed E-state index contributed by atoms with van der Waals surface area (Å²) in [4.78, 5) is 16.3. The summed E-state index contributed by atoms with van der Waals surface area (Å²) in [7, 11) is 3.31. The lowest BCUT2D eigenvalue weighted by Crippen LogP contribution is -2.52. The van der Waals surface area contributed by atoms with Gasteiger partial charge in [0, 0.05) is 38.8 Å². The minimum atomic E-state index is -0.371. The van der Waals surface area contributed by atoms with Crippen LogP contribution in [0.2, 0.25) is 0 Å². The van der Waals surface area contributed by atoms with Crippen molar-refractivity contribution < 1.29 is 14.3 Å². The van der Waals surface area contributed by atoms with E-state index in [0.29, 0.717) is 6.42 Å². The molecule has 0 aromatic heterocycles. The fourth-order valence-corrected chi connectivity index (χ4v) is 2.75. The van der Waals surface area contributed by atoms with Crippen molar-refractivity contribution in [1.82, 2.24) is 9.80 Å². The SMILES string of the molecule is CC[C@H](N)C(=O)N1CCN(Cc2cc(OC)cc(OC)c2)CC1. The van der Waals surface area contributed by atoms with Crippen molar-refractivity contribution in [1.29, 1.82) is 0 Å². The van der Waals surface area contributed by atoms with Crippen LogP contribution in [0.15, 0.2) is 18.2 Å². The molecule has 23 heavy (non-hydrogen) atoms. The Morgan fingerprint density at radius 1 is 1.13 bits per heavy atom. The van der Waals surface area contributed by atoms with Crippen LogP contribution in [0.4, 0.5) is 0 Å². The normalized spacial score (nSPS) is 17.0. The Morgan fingerprint density at radius 3 is 2.17 bits per heavy atom. The third kappa shape index (κ3) is 4.59. The van der Waals surface area contributed by atoms with E-state index in [0.717, 1.165) is 49.8 Å². The quantitative estimate of drug-likeness (QED) is 0.849. The highest BCUT2D eigenvalue weighted by atomic mass is 16.5. The van der Waals surface area contributed by atoms with Gasteiger partial charge in [0.1, 0.15) is 11.5 Å². The molecule has 0 aliphatic carbocycles. The minimum absolute atomic E-state index is 0.0650. The molecule has 1 aliphatic heterocycles. The second kappa shape index (κ2) is 8.17. The lowest BCUT2D eigenvalue weighted by Gasteiger charge is -2.35. The van der Waals surface area contributed by atoms with Crippen LogP contribution >= 0.6 is 0 Å². The van der Waals surface area contributed by atoms with Gasteiger partial charge in [0.15, 0.2) is 0 Å². The molecule has 0 radical (unpaired) electrons. The molecule has 0 spiro atoms. The third-order valence-electron chi connectivity index (χ3n) is 4.26. The predicted molar refractivity (Wildman–Crippen MR) is 89.7 cm³/mol. The van der Waals surface area contributed by atoms with Crippen LogP contribution in [0.1, 0.15) is 18.9 Å². The number of piperazine rings is 1. The number of methoxy groups -OCH3 is 2. The number of nitrogens with zero attached hydrogens (tertiary/aromatic N) is 2. The standard InChI is InChI=1S/C17H27N3O3/c1-4-16(18)17(21)20-7-5-19(6-8-20)12-13-9-14(22-2)11-15(10-13)23-3/h9-11,16H,4-8,12,18H2,1-3H3/t16-/m0/s1. The van der Waals surface area contributed by atoms with Crippen molar-refractivity contribution in [3.8, 4) is 11.5 Å². The summed E-state index contributed by atoms with van der Waals surface area (Å²) < 4.78 is 10.6. The summed E-state index contributed by atoms with van der Waals surface area (Å²) in [5, 5.41) is 0. The molecule has 2 rings (SSSR count). The summed E-state index contributed by atoms with van der Waals surface area (Å²) in [6.45, 7) is 5.91. The number of carbonyl (C=O) groups is 1. The summed E-state index contributed by atoms with van der Waals surface area (Å²) in [5.74, 6) is 1.65. The molecule has 0 unspecified atom stereocenters. The second-order valence-corrected chi connectivity index (χ2v) is 5.84. The average Bonchev–Trinajstić information content (AvgIpc) is 2.60. The first kappa shape index (κ1) is 17.6. The number of rotatable bonds is 6. The zero-order valence-electron chi connectivity index (χ0n) is 14.2. The van der Waals surface area contributed by atoms with Crippen LogP contribution in [0.5, 0.6) is 11.5 Å². The Morgan fingerprint density at radius 2 is 1.70 bits per heavy atom. The highest BCUT2D eigenvalue weighted by Gasteiger charge is 2.24. The van der Waals surface area contributed by atoms with E-state index in [1.165, 1.54) is 0 Å². The Hall–Kier alpha value is -1.79. The molecule has 0 bridgehead atoms. The van der Waals surface area contributed by atoms with Gasteiger partial charge in [-0.2, -0.15) is 0 Å². The molecule has 1 atom stereocenters. The lowest BCUT2D eigenvalue weighted by atomic mass is 10.1. The maximum absolute atomic E-state index is 12.1. The van der Waals surface area contributed by atoms with Gasteiger partial charge in [0.25, 0.3) is 0 Å². The van der Waals surface area contributed by atoms with Gasteiger partial charge in [-0.15, -0.1) is 0 Å². The fourth-order valence-electron chi connectivity index (χ4n) is 2.75.